The van der Waals surface area contributed by atoms with E-state index in [1.165, 1.54) is 38.5 Å². The molecule has 1 fully saturated rings. The third kappa shape index (κ3) is 8.82. The van der Waals surface area contributed by atoms with Crippen LogP contribution in [0.3, 0.4) is 0 Å². The van der Waals surface area contributed by atoms with E-state index in [4.69, 9.17) is 9.84 Å². The number of urea groups is 1. The van der Waals surface area contributed by atoms with Gasteiger partial charge in [-0.25, -0.2) is 4.79 Å². The fraction of sp³-hybridized carbons (Fsp3) is 0.929. The molecule has 1 saturated heterocycles. The summed E-state index contributed by atoms with van der Waals surface area (Å²) in [6, 6.07) is -0.115. The highest BCUT2D eigenvalue weighted by molar-refractivity contribution is 6.02. The summed E-state index contributed by atoms with van der Waals surface area (Å²) in [5.41, 5.74) is 0.0930. The fourth-order valence-corrected chi connectivity index (χ4v) is 5.63. The lowest BCUT2D eigenvalue weighted by molar-refractivity contribution is -0.130. The number of aliphatic hydroxyl groups is 1. The molecular weight excluding hydrogens is 428 g/mol. The number of carbonyl (C=O) groups excluding carboxylic acids is 2. The van der Waals surface area contributed by atoms with E-state index in [9.17, 15) is 9.59 Å². The Balaban J connectivity index is 2.31. The molecule has 1 aliphatic rings. The van der Waals surface area contributed by atoms with Gasteiger partial charge in [0.05, 0.1) is 5.54 Å². The van der Waals surface area contributed by atoms with Gasteiger partial charge >= 0.3 is 6.03 Å². The van der Waals surface area contributed by atoms with Gasteiger partial charge in [0.1, 0.15) is 6.54 Å². The summed E-state index contributed by atoms with van der Waals surface area (Å²) in [5, 5.41) is 9.00. The zero-order valence-electron chi connectivity index (χ0n) is 23.0. The van der Waals surface area contributed by atoms with Crippen molar-refractivity contribution < 1.29 is 19.4 Å². The van der Waals surface area contributed by atoms with Crippen LogP contribution in [-0.4, -0.2) is 65.3 Å². The summed E-state index contributed by atoms with van der Waals surface area (Å²) in [6.07, 6.45) is 15.0. The number of nitrogens with zero attached hydrogens (tertiary/aromatic N) is 2. The minimum absolute atomic E-state index is 0.0459. The van der Waals surface area contributed by atoms with E-state index in [-0.39, 0.29) is 24.0 Å². The molecule has 0 aromatic heterocycles. The standard InChI is InChI=1S/C28H54N2O4/c1-6-27(7-2,18-12-11-15-21-31)19-13-16-22-34-23-17-14-20-28(8-3,9-4)30-25(32)24-29(10-5)26(30)33/h31H,6-24H2,1-5H3. The molecule has 0 aliphatic carbocycles. The molecule has 34 heavy (non-hydrogen) atoms. The summed E-state index contributed by atoms with van der Waals surface area (Å²) >= 11 is 0. The van der Waals surface area contributed by atoms with E-state index in [2.05, 4.69) is 27.7 Å². The summed E-state index contributed by atoms with van der Waals surface area (Å²) in [6.45, 7) is 13.4. The van der Waals surface area contributed by atoms with Gasteiger partial charge in [0.2, 0.25) is 0 Å². The van der Waals surface area contributed by atoms with Gasteiger partial charge < -0.3 is 14.7 Å². The lowest BCUT2D eigenvalue weighted by Gasteiger charge is -2.39. The smallest absolute Gasteiger partial charge is 0.327 e. The lowest BCUT2D eigenvalue weighted by Crippen LogP contribution is -2.51. The van der Waals surface area contributed by atoms with E-state index in [1.807, 2.05) is 6.92 Å². The second-order valence-electron chi connectivity index (χ2n) is 10.2. The molecule has 0 spiro atoms. The van der Waals surface area contributed by atoms with Gasteiger partial charge in [-0.2, -0.15) is 0 Å². The Hall–Kier alpha value is -1.14. The number of hydrogen-bond acceptors (Lipinski definition) is 4. The molecule has 1 heterocycles. The Morgan fingerprint density at radius 2 is 1.32 bits per heavy atom. The third-order valence-electron chi connectivity index (χ3n) is 8.50. The van der Waals surface area contributed by atoms with Crippen molar-refractivity contribution in [1.82, 2.24) is 9.80 Å². The summed E-state index contributed by atoms with van der Waals surface area (Å²) in [4.78, 5) is 28.5. The van der Waals surface area contributed by atoms with Crippen LogP contribution in [-0.2, 0) is 9.53 Å². The Kier molecular flexibility index (Phi) is 15.0. The van der Waals surface area contributed by atoms with Crippen molar-refractivity contribution in [3.8, 4) is 0 Å². The average Bonchev–Trinajstić information content (AvgIpc) is 3.15. The van der Waals surface area contributed by atoms with Crippen molar-refractivity contribution in [1.29, 1.82) is 0 Å². The number of ether oxygens (including phenoxy) is 1. The number of likely N-dealkylation sites (N-methyl/N-ethyl adjacent to an activating group) is 1. The number of unbranched alkanes of at least 4 members (excludes halogenated alkanes) is 4. The Morgan fingerprint density at radius 1 is 0.765 bits per heavy atom. The monoisotopic (exact) mass is 482 g/mol. The predicted octanol–water partition coefficient (Wildman–Crippen LogP) is 6.55. The molecule has 0 saturated carbocycles. The summed E-state index contributed by atoms with van der Waals surface area (Å²) in [5.74, 6) is -0.0459. The number of carbonyl (C=O) groups is 2. The first-order valence-electron chi connectivity index (χ1n) is 14.2. The molecule has 0 radical (unpaired) electrons. The van der Waals surface area contributed by atoms with Crippen molar-refractivity contribution in [2.45, 2.75) is 130 Å². The number of amides is 3. The molecule has 6 heteroatoms. The Labute approximate surface area is 209 Å². The van der Waals surface area contributed by atoms with Crippen LogP contribution in [0.25, 0.3) is 0 Å². The maximum absolute atomic E-state index is 12.7. The summed E-state index contributed by atoms with van der Waals surface area (Å²) < 4.78 is 5.93. The van der Waals surface area contributed by atoms with E-state index in [1.54, 1.807) is 9.80 Å². The van der Waals surface area contributed by atoms with Crippen LogP contribution in [0.2, 0.25) is 0 Å². The normalized spacial score (nSPS) is 15.1. The number of hydrogen-bond donors (Lipinski definition) is 1. The van der Waals surface area contributed by atoms with Crippen molar-refractivity contribution in [3.05, 3.63) is 0 Å². The number of imide groups is 1. The molecule has 200 valence electrons. The number of rotatable bonds is 21. The Bertz CT molecular complexity index is 573. The SMILES string of the molecule is CCN1CC(=O)N(C(CC)(CC)CCCCOCCCCC(CC)(CC)CCCCCO)C1=O. The van der Waals surface area contributed by atoms with Crippen LogP contribution in [0, 0.1) is 5.41 Å². The van der Waals surface area contributed by atoms with Gasteiger partial charge in [0.15, 0.2) is 0 Å². The topological polar surface area (TPSA) is 70.1 Å². The van der Waals surface area contributed by atoms with Crippen LogP contribution in [0.4, 0.5) is 4.79 Å². The summed E-state index contributed by atoms with van der Waals surface area (Å²) in [7, 11) is 0. The highest BCUT2D eigenvalue weighted by Crippen LogP contribution is 2.38. The molecule has 1 N–H and O–H groups in total. The van der Waals surface area contributed by atoms with Gasteiger partial charge in [-0.3, -0.25) is 9.69 Å². The van der Waals surface area contributed by atoms with Crippen molar-refractivity contribution in [2.24, 2.45) is 5.41 Å². The first-order valence-corrected chi connectivity index (χ1v) is 14.2. The highest BCUT2D eigenvalue weighted by Gasteiger charge is 2.46. The molecule has 6 nitrogen and oxygen atoms in total. The van der Waals surface area contributed by atoms with Crippen LogP contribution < -0.4 is 0 Å². The molecule has 0 bridgehead atoms. The first kappa shape index (κ1) is 30.9. The molecule has 0 aromatic carbocycles. The molecular formula is C28H54N2O4. The average molecular weight is 483 g/mol. The zero-order chi connectivity index (χ0) is 25.5. The van der Waals surface area contributed by atoms with Crippen molar-refractivity contribution in [3.63, 3.8) is 0 Å². The zero-order valence-corrected chi connectivity index (χ0v) is 23.0. The third-order valence-corrected chi connectivity index (χ3v) is 8.50. The molecule has 0 atom stereocenters. The van der Waals surface area contributed by atoms with Crippen LogP contribution in [0.15, 0.2) is 0 Å². The van der Waals surface area contributed by atoms with E-state index in [0.717, 1.165) is 64.6 Å². The maximum atomic E-state index is 12.7. The Morgan fingerprint density at radius 3 is 1.79 bits per heavy atom. The van der Waals surface area contributed by atoms with Crippen LogP contribution in [0.5, 0.6) is 0 Å². The second kappa shape index (κ2) is 16.5. The van der Waals surface area contributed by atoms with Gasteiger partial charge in [-0.05, 0) is 70.1 Å². The molecule has 0 aromatic rings. The van der Waals surface area contributed by atoms with E-state index < -0.39 is 0 Å². The lowest BCUT2D eigenvalue weighted by atomic mass is 9.74. The quantitative estimate of drug-likeness (QED) is 0.149. The fourth-order valence-electron chi connectivity index (χ4n) is 5.63. The van der Waals surface area contributed by atoms with Crippen molar-refractivity contribution >= 4 is 11.9 Å². The number of aliphatic hydroxyl groups excluding tert-OH is 1. The molecule has 3 amide bonds. The first-order chi connectivity index (χ1) is 16.4. The van der Waals surface area contributed by atoms with Gasteiger partial charge in [0, 0.05) is 26.4 Å². The minimum atomic E-state index is -0.362. The largest absolute Gasteiger partial charge is 0.396 e. The van der Waals surface area contributed by atoms with Gasteiger partial charge in [0.25, 0.3) is 5.91 Å². The second-order valence-corrected chi connectivity index (χ2v) is 10.2. The van der Waals surface area contributed by atoms with Crippen LogP contribution >= 0.6 is 0 Å². The molecule has 1 rings (SSSR count). The molecule has 0 unspecified atom stereocenters. The van der Waals surface area contributed by atoms with Gasteiger partial charge in [-0.15, -0.1) is 0 Å². The van der Waals surface area contributed by atoms with Gasteiger partial charge in [-0.1, -0.05) is 59.8 Å². The maximum Gasteiger partial charge on any atom is 0.327 e. The minimum Gasteiger partial charge on any atom is -0.396 e. The van der Waals surface area contributed by atoms with Crippen molar-refractivity contribution in [2.75, 3.05) is 32.9 Å². The highest BCUT2D eigenvalue weighted by atomic mass is 16.5. The van der Waals surface area contributed by atoms with E-state index >= 15 is 0 Å². The predicted molar refractivity (Wildman–Crippen MR) is 140 cm³/mol. The van der Waals surface area contributed by atoms with E-state index in [0.29, 0.717) is 18.6 Å². The molecule has 1 aliphatic heterocycles. The van der Waals surface area contributed by atoms with Crippen LogP contribution in [0.1, 0.15) is 125 Å².